The number of rotatable bonds is 5. The highest BCUT2D eigenvalue weighted by atomic mass is 19.3. The number of carbonyl (C=O) groups is 2. The first-order valence-corrected chi connectivity index (χ1v) is 7.23. The number of hydrogen-bond donors (Lipinski definition) is 2. The minimum absolute atomic E-state index is 0.143. The average Bonchev–Trinajstić information content (AvgIpc) is 2.55. The Morgan fingerprint density at radius 3 is 2.87 bits per heavy atom. The molecule has 0 radical (unpaired) electrons. The summed E-state index contributed by atoms with van der Waals surface area (Å²) in [6, 6.07) is 5.39. The third kappa shape index (κ3) is 4.46. The van der Waals surface area contributed by atoms with Gasteiger partial charge in [-0.15, -0.1) is 0 Å². The SMILES string of the molecule is COC(=O)c1ccccc1NC(=O)CN1CCNCC1C(F)F. The van der Waals surface area contributed by atoms with Crippen molar-refractivity contribution in [3.05, 3.63) is 29.8 Å². The lowest BCUT2D eigenvalue weighted by molar-refractivity contribution is -0.119. The van der Waals surface area contributed by atoms with Crippen molar-refractivity contribution in [3.8, 4) is 0 Å². The van der Waals surface area contributed by atoms with E-state index in [4.69, 9.17) is 0 Å². The highest BCUT2D eigenvalue weighted by Crippen LogP contribution is 2.17. The standard InChI is InChI=1S/C15H19F2N3O3/c1-23-15(22)10-4-2-3-5-11(10)19-13(21)9-20-7-6-18-8-12(20)14(16)17/h2-5,12,14,18H,6-9H2,1H3,(H,19,21). The summed E-state index contributed by atoms with van der Waals surface area (Å²) in [6.45, 7) is 0.895. The smallest absolute Gasteiger partial charge is 0.339 e. The molecule has 126 valence electrons. The van der Waals surface area contributed by atoms with Crippen LogP contribution in [0.15, 0.2) is 24.3 Å². The number of ether oxygens (including phenoxy) is 1. The molecule has 1 atom stereocenters. The van der Waals surface area contributed by atoms with Gasteiger partial charge in [0.15, 0.2) is 0 Å². The monoisotopic (exact) mass is 327 g/mol. The largest absolute Gasteiger partial charge is 0.465 e. The van der Waals surface area contributed by atoms with Crippen LogP contribution in [0, 0.1) is 0 Å². The van der Waals surface area contributed by atoms with Crippen molar-refractivity contribution in [3.63, 3.8) is 0 Å². The van der Waals surface area contributed by atoms with Gasteiger partial charge in [-0.1, -0.05) is 12.1 Å². The Kier molecular flexibility index (Phi) is 6.00. The molecular weight excluding hydrogens is 308 g/mol. The molecular formula is C15H19F2N3O3. The Bertz CT molecular complexity index is 569. The Morgan fingerprint density at radius 2 is 2.17 bits per heavy atom. The zero-order valence-electron chi connectivity index (χ0n) is 12.7. The van der Waals surface area contributed by atoms with Gasteiger partial charge in [0.1, 0.15) is 0 Å². The van der Waals surface area contributed by atoms with Crippen molar-refractivity contribution >= 4 is 17.6 Å². The molecule has 1 aromatic rings. The van der Waals surface area contributed by atoms with Gasteiger partial charge in [-0.05, 0) is 12.1 Å². The summed E-state index contributed by atoms with van der Waals surface area (Å²) < 4.78 is 30.6. The Labute approximate surface area is 132 Å². The fraction of sp³-hybridized carbons (Fsp3) is 0.467. The lowest BCUT2D eigenvalue weighted by Gasteiger charge is -2.34. The zero-order valence-corrected chi connectivity index (χ0v) is 12.7. The lowest BCUT2D eigenvalue weighted by atomic mass is 10.1. The number of alkyl halides is 2. The van der Waals surface area contributed by atoms with Gasteiger partial charge in [0.25, 0.3) is 6.43 Å². The van der Waals surface area contributed by atoms with Crippen molar-refractivity contribution in [1.82, 2.24) is 10.2 Å². The molecule has 2 N–H and O–H groups in total. The van der Waals surface area contributed by atoms with Gasteiger partial charge in [-0.2, -0.15) is 0 Å². The molecule has 2 rings (SSSR count). The number of hydrogen-bond acceptors (Lipinski definition) is 5. The number of anilines is 1. The third-order valence-electron chi connectivity index (χ3n) is 3.64. The van der Waals surface area contributed by atoms with Gasteiger partial charge in [0.05, 0.1) is 30.9 Å². The van der Waals surface area contributed by atoms with Crippen LogP contribution < -0.4 is 10.6 Å². The van der Waals surface area contributed by atoms with E-state index in [1.165, 1.54) is 18.1 Å². The number of esters is 1. The molecule has 1 saturated heterocycles. The number of methoxy groups -OCH3 is 1. The Balaban J connectivity index is 2.03. The molecule has 1 amide bonds. The highest BCUT2D eigenvalue weighted by Gasteiger charge is 2.31. The maximum absolute atomic E-state index is 13.0. The molecule has 0 aliphatic carbocycles. The molecule has 1 unspecified atom stereocenters. The lowest BCUT2D eigenvalue weighted by Crippen LogP contribution is -2.56. The maximum atomic E-state index is 13.0. The van der Waals surface area contributed by atoms with Gasteiger partial charge in [-0.3, -0.25) is 9.69 Å². The number of amides is 1. The van der Waals surface area contributed by atoms with Crippen LogP contribution in [0.5, 0.6) is 0 Å². The molecule has 1 fully saturated rings. The summed E-state index contributed by atoms with van der Waals surface area (Å²) >= 11 is 0. The number of piperazine rings is 1. The normalized spacial score (nSPS) is 18.7. The van der Waals surface area contributed by atoms with Crippen molar-refractivity contribution in [2.45, 2.75) is 12.5 Å². The van der Waals surface area contributed by atoms with Crippen molar-refractivity contribution in [2.75, 3.05) is 38.6 Å². The van der Waals surface area contributed by atoms with Gasteiger partial charge in [0.2, 0.25) is 5.91 Å². The molecule has 0 spiro atoms. The first kappa shape index (κ1) is 17.3. The van der Waals surface area contributed by atoms with Gasteiger partial charge in [-0.25, -0.2) is 13.6 Å². The molecule has 8 heteroatoms. The summed E-state index contributed by atoms with van der Waals surface area (Å²) in [5, 5.41) is 5.47. The van der Waals surface area contributed by atoms with E-state index in [1.807, 2.05) is 0 Å². The van der Waals surface area contributed by atoms with Crippen LogP contribution in [0.2, 0.25) is 0 Å². The number of benzene rings is 1. The number of carbonyl (C=O) groups excluding carboxylic acids is 2. The average molecular weight is 327 g/mol. The second-order valence-electron chi connectivity index (χ2n) is 5.16. The molecule has 0 saturated carbocycles. The predicted octanol–water partition coefficient (Wildman–Crippen LogP) is 0.951. The number of nitrogens with zero attached hydrogens (tertiary/aromatic N) is 1. The topological polar surface area (TPSA) is 70.7 Å². The maximum Gasteiger partial charge on any atom is 0.339 e. The molecule has 1 aliphatic heterocycles. The van der Waals surface area contributed by atoms with E-state index in [0.29, 0.717) is 18.8 Å². The second kappa shape index (κ2) is 7.98. The van der Waals surface area contributed by atoms with Crippen LogP contribution in [0.3, 0.4) is 0 Å². The van der Waals surface area contributed by atoms with Crippen molar-refractivity contribution in [2.24, 2.45) is 0 Å². The Hall–Kier alpha value is -2.06. The molecule has 0 aromatic heterocycles. The predicted molar refractivity (Wildman–Crippen MR) is 80.6 cm³/mol. The van der Waals surface area contributed by atoms with E-state index in [2.05, 4.69) is 15.4 Å². The number of nitrogens with one attached hydrogen (secondary N) is 2. The molecule has 0 bridgehead atoms. The summed E-state index contributed by atoms with van der Waals surface area (Å²) in [6.07, 6.45) is -2.53. The van der Waals surface area contributed by atoms with Crippen LogP contribution in [0.4, 0.5) is 14.5 Å². The van der Waals surface area contributed by atoms with Crippen LogP contribution >= 0.6 is 0 Å². The van der Waals surface area contributed by atoms with E-state index in [9.17, 15) is 18.4 Å². The third-order valence-corrected chi connectivity index (χ3v) is 3.64. The van der Waals surface area contributed by atoms with E-state index in [-0.39, 0.29) is 18.7 Å². The van der Waals surface area contributed by atoms with Gasteiger partial charge in [0, 0.05) is 19.6 Å². The Morgan fingerprint density at radius 1 is 1.43 bits per heavy atom. The first-order chi connectivity index (χ1) is 11.0. The van der Waals surface area contributed by atoms with Crippen LogP contribution in [0.25, 0.3) is 0 Å². The minimum atomic E-state index is -2.53. The zero-order chi connectivity index (χ0) is 16.8. The summed E-state index contributed by atoms with van der Waals surface area (Å²) in [4.78, 5) is 25.2. The molecule has 1 aliphatic rings. The molecule has 23 heavy (non-hydrogen) atoms. The molecule has 1 aromatic carbocycles. The summed E-state index contributed by atoms with van der Waals surface area (Å²) in [5.41, 5.74) is 0.516. The van der Waals surface area contributed by atoms with Crippen LogP contribution in [0.1, 0.15) is 10.4 Å². The van der Waals surface area contributed by atoms with E-state index in [0.717, 1.165) is 0 Å². The second-order valence-corrected chi connectivity index (χ2v) is 5.16. The summed E-state index contributed by atoms with van der Waals surface area (Å²) in [7, 11) is 1.24. The van der Waals surface area contributed by atoms with Gasteiger partial charge < -0.3 is 15.4 Å². The van der Waals surface area contributed by atoms with Crippen molar-refractivity contribution in [1.29, 1.82) is 0 Å². The number of halogens is 2. The molecule has 6 nitrogen and oxygen atoms in total. The van der Waals surface area contributed by atoms with Crippen LogP contribution in [-0.2, 0) is 9.53 Å². The van der Waals surface area contributed by atoms with E-state index < -0.39 is 24.3 Å². The van der Waals surface area contributed by atoms with Crippen LogP contribution in [-0.4, -0.2) is 62.5 Å². The molecule has 1 heterocycles. The highest BCUT2D eigenvalue weighted by molar-refractivity contribution is 6.01. The van der Waals surface area contributed by atoms with Gasteiger partial charge >= 0.3 is 5.97 Å². The number of para-hydroxylation sites is 1. The van der Waals surface area contributed by atoms with Crippen molar-refractivity contribution < 1.29 is 23.1 Å². The summed E-state index contributed by atoms with van der Waals surface area (Å²) in [5.74, 6) is -1.03. The van der Waals surface area contributed by atoms with E-state index >= 15 is 0 Å². The fourth-order valence-electron chi connectivity index (χ4n) is 2.47. The minimum Gasteiger partial charge on any atom is -0.465 e. The fourth-order valence-corrected chi connectivity index (χ4v) is 2.47. The quantitative estimate of drug-likeness (QED) is 0.788. The first-order valence-electron chi connectivity index (χ1n) is 7.23. The van der Waals surface area contributed by atoms with E-state index in [1.54, 1.807) is 18.2 Å².